The van der Waals surface area contributed by atoms with Gasteiger partial charge in [0.15, 0.2) is 5.76 Å². The smallest absolute Gasteiger partial charge is 0.170 e. The van der Waals surface area contributed by atoms with Crippen LogP contribution in [-0.2, 0) is 6.61 Å². The van der Waals surface area contributed by atoms with Crippen molar-refractivity contribution in [2.24, 2.45) is 0 Å². The Morgan fingerprint density at radius 3 is 2.50 bits per heavy atom. The summed E-state index contributed by atoms with van der Waals surface area (Å²) in [5.74, 6) is 1.48. The second-order valence-corrected chi connectivity index (χ2v) is 3.47. The van der Waals surface area contributed by atoms with E-state index in [0.717, 1.165) is 16.9 Å². The van der Waals surface area contributed by atoms with Crippen LogP contribution in [0.2, 0.25) is 0 Å². The van der Waals surface area contributed by atoms with E-state index in [2.05, 4.69) is 5.16 Å². The fourth-order valence-corrected chi connectivity index (χ4v) is 1.53. The number of nitrogens with zero attached hydrogens (tertiary/aromatic N) is 1. The molecule has 4 nitrogen and oxygen atoms in total. The second-order valence-electron chi connectivity index (χ2n) is 3.47. The van der Waals surface area contributed by atoms with Crippen LogP contribution in [-0.4, -0.2) is 17.4 Å². The predicted molar refractivity (Wildman–Crippen MR) is 59.2 cm³/mol. The maximum absolute atomic E-state index is 9.02. The number of benzene rings is 1. The number of methoxy groups -OCH3 is 1. The maximum Gasteiger partial charge on any atom is 0.170 e. The number of hydrogen-bond donors (Lipinski definition) is 1. The van der Waals surface area contributed by atoms with Gasteiger partial charge in [0.2, 0.25) is 0 Å². The fraction of sp³-hybridized carbons (Fsp3) is 0.250. The van der Waals surface area contributed by atoms with Crippen LogP contribution in [0.15, 0.2) is 28.8 Å². The molecule has 0 aliphatic rings. The van der Waals surface area contributed by atoms with Crippen LogP contribution in [0.1, 0.15) is 11.3 Å². The van der Waals surface area contributed by atoms with Gasteiger partial charge in [-0.2, -0.15) is 0 Å². The van der Waals surface area contributed by atoms with Crippen molar-refractivity contribution in [2.75, 3.05) is 7.11 Å². The molecule has 0 saturated carbocycles. The molecule has 2 aromatic rings. The Bertz CT molecular complexity index is 474. The summed E-state index contributed by atoms with van der Waals surface area (Å²) in [7, 11) is 1.62. The van der Waals surface area contributed by atoms with Crippen molar-refractivity contribution in [3.8, 4) is 17.1 Å². The molecule has 0 amide bonds. The Kier molecular flexibility index (Phi) is 2.92. The Hall–Kier alpha value is -1.81. The summed E-state index contributed by atoms with van der Waals surface area (Å²) in [6.07, 6.45) is 0. The van der Waals surface area contributed by atoms with Gasteiger partial charge < -0.3 is 14.4 Å². The van der Waals surface area contributed by atoms with Gasteiger partial charge in [0.1, 0.15) is 11.4 Å². The predicted octanol–water partition coefficient (Wildman–Crippen LogP) is 2.15. The molecule has 1 aromatic carbocycles. The van der Waals surface area contributed by atoms with E-state index in [4.69, 9.17) is 14.4 Å². The first-order valence-corrected chi connectivity index (χ1v) is 4.96. The minimum absolute atomic E-state index is 0.106. The quantitative estimate of drug-likeness (QED) is 0.859. The van der Waals surface area contributed by atoms with Crippen molar-refractivity contribution in [1.82, 2.24) is 5.16 Å². The average Bonchev–Trinajstić information content (AvgIpc) is 2.70. The van der Waals surface area contributed by atoms with Gasteiger partial charge in [-0.1, -0.05) is 5.16 Å². The topological polar surface area (TPSA) is 55.5 Å². The highest BCUT2D eigenvalue weighted by atomic mass is 16.5. The molecule has 0 fully saturated rings. The van der Waals surface area contributed by atoms with Crippen LogP contribution >= 0.6 is 0 Å². The van der Waals surface area contributed by atoms with E-state index in [9.17, 15) is 0 Å². The second kappa shape index (κ2) is 4.37. The largest absolute Gasteiger partial charge is 0.497 e. The molecule has 84 valence electrons. The van der Waals surface area contributed by atoms with E-state index >= 15 is 0 Å². The number of rotatable bonds is 3. The van der Waals surface area contributed by atoms with Crippen LogP contribution in [0, 0.1) is 6.92 Å². The van der Waals surface area contributed by atoms with Gasteiger partial charge in [-0.25, -0.2) is 0 Å². The fourth-order valence-electron chi connectivity index (χ4n) is 1.53. The monoisotopic (exact) mass is 219 g/mol. The molecule has 1 heterocycles. The average molecular weight is 219 g/mol. The SMILES string of the molecule is COc1ccc(-c2onc(CO)c2C)cc1. The Balaban J connectivity index is 2.38. The number of hydrogen-bond acceptors (Lipinski definition) is 4. The number of aromatic nitrogens is 1. The van der Waals surface area contributed by atoms with Crippen molar-refractivity contribution >= 4 is 0 Å². The molecule has 0 bridgehead atoms. The highest BCUT2D eigenvalue weighted by Crippen LogP contribution is 2.27. The van der Waals surface area contributed by atoms with Crippen molar-refractivity contribution in [2.45, 2.75) is 13.5 Å². The molecule has 2 rings (SSSR count). The summed E-state index contributed by atoms with van der Waals surface area (Å²) < 4.78 is 10.3. The molecular formula is C12H13NO3. The van der Waals surface area contributed by atoms with E-state index in [1.165, 1.54) is 0 Å². The molecule has 0 unspecified atom stereocenters. The highest BCUT2D eigenvalue weighted by molar-refractivity contribution is 5.62. The lowest BCUT2D eigenvalue weighted by molar-refractivity contribution is 0.266. The van der Waals surface area contributed by atoms with Crippen LogP contribution in [0.25, 0.3) is 11.3 Å². The van der Waals surface area contributed by atoms with Gasteiger partial charge in [-0.3, -0.25) is 0 Å². The van der Waals surface area contributed by atoms with Crippen LogP contribution in [0.4, 0.5) is 0 Å². The summed E-state index contributed by atoms with van der Waals surface area (Å²) in [5.41, 5.74) is 2.36. The molecule has 0 aliphatic heterocycles. The van der Waals surface area contributed by atoms with Gasteiger partial charge >= 0.3 is 0 Å². The molecule has 0 aliphatic carbocycles. The zero-order valence-electron chi connectivity index (χ0n) is 9.23. The maximum atomic E-state index is 9.02. The zero-order chi connectivity index (χ0) is 11.5. The summed E-state index contributed by atoms with van der Waals surface area (Å²) in [5, 5.41) is 12.8. The van der Waals surface area contributed by atoms with Crippen molar-refractivity contribution in [3.63, 3.8) is 0 Å². The van der Waals surface area contributed by atoms with Crippen LogP contribution in [0.5, 0.6) is 5.75 Å². The standard InChI is InChI=1S/C12H13NO3/c1-8-11(7-14)13-16-12(8)9-3-5-10(15-2)6-4-9/h3-6,14H,7H2,1-2H3. The lowest BCUT2D eigenvalue weighted by Crippen LogP contribution is -1.86. The minimum Gasteiger partial charge on any atom is -0.497 e. The van der Waals surface area contributed by atoms with Crippen molar-refractivity contribution in [1.29, 1.82) is 0 Å². The number of aliphatic hydroxyl groups is 1. The van der Waals surface area contributed by atoms with E-state index in [1.807, 2.05) is 31.2 Å². The Morgan fingerprint density at radius 1 is 1.31 bits per heavy atom. The van der Waals surface area contributed by atoms with Gasteiger partial charge in [0, 0.05) is 11.1 Å². The molecule has 1 aromatic heterocycles. The third-order valence-electron chi connectivity index (χ3n) is 2.52. The number of aliphatic hydroxyl groups excluding tert-OH is 1. The van der Waals surface area contributed by atoms with Crippen molar-refractivity contribution in [3.05, 3.63) is 35.5 Å². The van der Waals surface area contributed by atoms with Crippen molar-refractivity contribution < 1.29 is 14.4 Å². The lowest BCUT2D eigenvalue weighted by atomic mass is 10.1. The molecule has 0 atom stereocenters. The van der Waals surface area contributed by atoms with E-state index < -0.39 is 0 Å². The minimum atomic E-state index is -0.106. The first-order chi connectivity index (χ1) is 7.76. The van der Waals surface area contributed by atoms with E-state index in [1.54, 1.807) is 7.11 Å². The molecule has 1 N–H and O–H groups in total. The van der Waals surface area contributed by atoms with Gasteiger partial charge in [0.25, 0.3) is 0 Å². The molecule has 4 heteroatoms. The first-order valence-electron chi connectivity index (χ1n) is 4.96. The Labute approximate surface area is 93.5 Å². The first kappa shape index (κ1) is 10.7. The summed E-state index contributed by atoms with van der Waals surface area (Å²) in [6, 6.07) is 7.51. The highest BCUT2D eigenvalue weighted by Gasteiger charge is 2.12. The normalized spacial score (nSPS) is 10.4. The van der Waals surface area contributed by atoms with Crippen LogP contribution < -0.4 is 4.74 Å². The number of ether oxygens (including phenoxy) is 1. The summed E-state index contributed by atoms with van der Waals surface area (Å²) >= 11 is 0. The summed E-state index contributed by atoms with van der Waals surface area (Å²) in [6.45, 7) is 1.77. The van der Waals surface area contributed by atoms with Gasteiger partial charge in [-0.15, -0.1) is 0 Å². The third-order valence-corrected chi connectivity index (χ3v) is 2.52. The van der Waals surface area contributed by atoms with Crippen LogP contribution in [0.3, 0.4) is 0 Å². The third kappa shape index (κ3) is 1.79. The molecular weight excluding hydrogens is 206 g/mol. The summed E-state index contributed by atoms with van der Waals surface area (Å²) in [4.78, 5) is 0. The Morgan fingerprint density at radius 2 is 2.00 bits per heavy atom. The van der Waals surface area contributed by atoms with Gasteiger partial charge in [-0.05, 0) is 31.2 Å². The van der Waals surface area contributed by atoms with E-state index in [0.29, 0.717) is 11.5 Å². The molecule has 16 heavy (non-hydrogen) atoms. The van der Waals surface area contributed by atoms with E-state index in [-0.39, 0.29) is 6.61 Å². The molecule has 0 radical (unpaired) electrons. The zero-order valence-corrected chi connectivity index (χ0v) is 9.23. The van der Waals surface area contributed by atoms with Gasteiger partial charge in [0.05, 0.1) is 13.7 Å². The molecule has 0 spiro atoms. The lowest BCUT2D eigenvalue weighted by Gasteiger charge is -2.01. The molecule has 0 saturated heterocycles.